The zero-order chi connectivity index (χ0) is 13.3. The van der Waals surface area contributed by atoms with Crippen molar-refractivity contribution in [2.75, 3.05) is 33.2 Å². The van der Waals surface area contributed by atoms with E-state index in [2.05, 4.69) is 37.6 Å². The predicted octanol–water partition coefficient (Wildman–Crippen LogP) is 0.501. The van der Waals surface area contributed by atoms with Crippen LogP contribution >= 0.6 is 0 Å². The van der Waals surface area contributed by atoms with Gasteiger partial charge in [-0.1, -0.05) is 0 Å². The van der Waals surface area contributed by atoms with Crippen LogP contribution in [0.25, 0.3) is 0 Å². The number of likely N-dealkylation sites (N-methyl/N-ethyl adjacent to an activating group) is 1. The molecule has 1 rings (SSSR count). The lowest BCUT2D eigenvalue weighted by molar-refractivity contribution is -0.0138. The Morgan fingerprint density at radius 3 is 2.47 bits per heavy atom. The van der Waals surface area contributed by atoms with E-state index in [1.165, 1.54) is 0 Å². The van der Waals surface area contributed by atoms with Crippen molar-refractivity contribution in [3.8, 4) is 0 Å². The SMILES string of the molecule is CC(CC(C)(O)CN)N1CCN(C)C(C)(C)C1. The lowest BCUT2D eigenvalue weighted by Gasteiger charge is -2.48. The van der Waals surface area contributed by atoms with Crippen molar-refractivity contribution in [2.24, 2.45) is 5.73 Å². The standard InChI is InChI=1S/C13H29N3O/c1-11(8-13(4,17)9-14)16-7-6-15(5)12(2,3)10-16/h11,17H,6-10,14H2,1-5H3. The van der Waals surface area contributed by atoms with Crippen LogP contribution < -0.4 is 5.73 Å². The van der Waals surface area contributed by atoms with Gasteiger partial charge in [0.15, 0.2) is 0 Å². The van der Waals surface area contributed by atoms with Crippen LogP contribution in [0.15, 0.2) is 0 Å². The summed E-state index contributed by atoms with van der Waals surface area (Å²) in [6.45, 7) is 12.1. The molecule has 0 saturated carbocycles. The molecule has 1 aliphatic heterocycles. The van der Waals surface area contributed by atoms with Crippen LogP contribution in [0.2, 0.25) is 0 Å². The number of hydrogen-bond donors (Lipinski definition) is 2. The van der Waals surface area contributed by atoms with E-state index in [1.54, 1.807) is 0 Å². The Labute approximate surface area is 106 Å². The Hall–Kier alpha value is -0.160. The van der Waals surface area contributed by atoms with Gasteiger partial charge in [-0.05, 0) is 41.2 Å². The molecule has 0 amide bonds. The second kappa shape index (κ2) is 5.22. The van der Waals surface area contributed by atoms with Gasteiger partial charge in [0, 0.05) is 37.8 Å². The topological polar surface area (TPSA) is 52.7 Å². The van der Waals surface area contributed by atoms with E-state index in [0.717, 1.165) is 26.1 Å². The fourth-order valence-electron chi connectivity index (χ4n) is 2.50. The van der Waals surface area contributed by atoms with Gasteiger partial charge >= 0.3 is 0 Å². The lowest BCUT2D eigenvalue weighted by atomic mass is 9.93. The minimum absolute atomic E-state index is 0.209. The molecule has 2 unspecified atom stereocenters. The van der Waals surface area contributed by atoms with Gasteiger partial charge in [-0.25, -0.2) is 0 Å². The van der Waals surface area contributed by atoms with E-state index in [4.69, 9.17) is 5.73 Å². The smallest absolute Gasteiger partial charge is 0.0756 e. The average Bonchev–Trinajstić information content (AvgIpc) is 2.21. The Bertz CT molecular complexity index is 253. The molecule has 1 fully saturated rings. The van der Waals surface area contributed by atoms with Crippen molar-refractivity contribution in [1.82, 2.24) is 9.80 Å². The Morgan fingerprint density at radius 2 is 2.00 bits per heavy atom. The third kappa shape index (κ3) is 3.91. The molecular weight excluding hydrogens is 214 g/mol. The molecule has 1 saturated heterocycles. The molecule has 0 aromatic carbocycles. The Morgan fingerprint density at radius 1 is 1.41 bits per heavy atom. The molecule has 0 aromatic rings. The molecule has 3 N–H and O–H groups in total. The molecule has 4 nitrogen and oxygen atoms in total. The molecule has 0 radical (unpaired) electrons. The number of rotatable bonds is 4. The van der Waals surface area contributed by atoms with Gasteiger partial charge in [-0.15, -0.1) is 0 Å². The quantitative estimate of drug-likeness (QED) is 0.755. The Kier molecular flexibility index (Phi) is 4.58. The molecule has 4 heteroatoms. The van der Waals surface area contributed by atoms with Crippen LogP contribution in [0.4, 0.5) is 0 Å². The second-order valence-corrected chi connectivity index (χ2v) is 6.46. The van der Waals surface area contributed by atoms with Gasteiger partial charge in [-0.2, -0.15) is 0 Å². The van der Waals surface area contributed by atoms with Crippen LogP contribution in [0, 0.1) is 0 Å². The molecule has 0 aliphatic carbocycles. The van der Waals surface area contributed by atoms with Gasteiger partial charge in [0.2, 0.25) is 0 Å². The van der Waals surface area contributed by atoms with Crippen LogP contribution in [0.1, 0.15) is 34.1 Å². The molecular formula is C13H29N3O. The largest absolute Gasteiger partial charge is 0.389 e. The average molecular weight is 243 g/mol. The summed E-state index contributed by atoms with van der Waals surface area (Å²) in [5.41, 5.74) is 5.05. The van der Waals surface area contributed by atoms with E-state index in [-0.39, 0.29) is 5.54 Å². The number of piperazine rings is 1. The fraction of sp³-hybridized carbons (Fsp3) is 1.00. The molecule has 2 atom stereocenters. The number of hydrogen-bond acceptors (Lipinski definition) is 4. The summed E-state index contributed by atoms with van der Waals surface area (Å²) in [6, 6.07) is 0.376. The van der Waals surface area contributed by atoms with Crippen molar-refractivity contribution in [3.63, 3.8) is 0 Å². The first kappa shape index (κ1) is 14.9. The summed E-state index contributed by atoms with van der Waals surface area (Å²) in [5.74, 6) is 0. The molecule has 102 valence electrons. The highest BCUT2D eigenvalue weighted by Gasteiger charge is 2.34. The van der Waals surface area contributed by atoms with Crippen LogP contribution in [0.5, 0.6) is 0 Å². The zero-order valence-electron chi connectivity index (χ0n) is 12.0. The molecule has 0 spiro atoms. The van der Waals surface area contributed by atoms with Crippen LogP contribution in [0.3, 0.4) is 0 Å². The number of nitrogens with two attached hydrogens (primary N) is 1. The van der Waals surface area contributed by atoms with Crippen molar-refractivity contribution in [3.05, 3.63) is 0 Å². The maximum absolute atomic E-state index is 10.0. The van der Waals surface area contributed by atoms with Gasteiger partial charge in [0.05, 0.1) is 5.60 Å². The summed E-state index contributed by atoms with van der Waals surface area (Å²) in [6.07, 6.45) is 0.739. The highest BCUT2D eigenvalue weighted by atomic mass is 16.3. The molecule has 17 heavy (non-hydrogen) atoms. The fourth-order valence-corrected chi connectivity index (χ4v) is 2.50. The van der Waals surface area contributed by atoms with Crippen molar-refractivity contribution in [2.45, 2.75) is 51.3 Å². The molecule has 1 heterocycles. The summed E-state index contributed by atoms with van der Waals surface area (Å²) in [4.78, 5) is 4.86. The molecule has 0 bridgehead atoms. The van der Waals surface area contributed by atoms with Crippen molar-refractivity contribution >= 4 is 0 Å². The monoisotopic (exact) mass is 243 g/mol. The Balaban J connectivity index is 2.57. The third-order valence-corrected chi connectivity index (χ3v) is 4.14. The molecule has 0 aromatic heterocycles. The van der Waals surface area contributed by atoms with Gasteiger partial charge in [0.1, 0.15) is 0 Å². The first-order valence-corrected chi connectivity index (χ1v) is 6.56. The lowest BCUT2D eigenvalue weighted by Crippen LogP contribution is -2.60. The number of aliphatic hydroxyl groups is 1. The summed E-state index contributed by atoms with van der Waals surface area (Å²) >= 11 is 0. The highest BCUT2D eigenvalue weighted by molar-refractivity contribution is 4.91. The van der Waals surface area contributed by atoms with Crippen molar-refractivity contribution in [1.29, 1.82) is 0 Å². The highest BCUT2D eigenvalue weighted by Crippen LogP contribution is 2.23. The van der Waals surface area contributed by atoms with E-state index in [9.17, 15) is 5.11 Å². The normalized spacial score (nSPS) is 27.7. The summed E-state index contributed by atoms with van der Waals surface area (Å²) in [7, 11) is 2.18. The van der Waals surface area contributed by atoms with Crippen LogP contribution in [-0.2, 0) is 0 Å². The van der Waals surface area contributed by atoms with E-state index in [0.29, 0.717) is 12.6 Å². The first-order chi connectivity index (χ1) is 7.68. The molecule has 1 aliphatic rings. The van der Waals surface area contributed by atoms with E-state index >= 15 is 0 Å². The van der Waals surface area contributed by atoms with Crippen LogP contribution in [-0.4, -0.2) is 65.3 Å². The summed E-state index contributed by atoms with van der Waals surface area (Å²) in [5, 5.41) is 10.0. The van der Waals surface area contributed by atoms with E-state index < -0.39 is 5.60 Å². The maximum atomic E-state index is 10.0. The minimum atomic E-state index is -0.743. The predicted molar refractivity (Wildman–Crippen MR) is 72.0 cm³/mol. The minimum Gasteiger partial charge on any atom is -0.389 e. The van der Waals surface area contributed by atoms with Gasteiger partial charge < -0.3 is 10.8 Å². The van der Waals surface area contributed by atoms with Gasteiger partial charge in [-0.3, -0.25) is 9.80 Å². The van der Waals surface area contributed by atoms with Gasteiger partial charge in [0.25, 0.3) is 0 Å². The van der Waals surface area contributed by atoms with E-state index in [1.807, 2.05) is 6.92 Å². The zero-order valence-corrected chi connectivity index (χ0v) is 12.0. The number of nitrogens with zero attached hydrogens (tertiary/aromatic N) is 2. The first-order valence-electron chi connectivity index (χ1n) is 6.56. The third-order valence-electron chi connectivity index (χ3n) is 4.14. The summed E-state index contributed by atoms with van der Waals surface area (Å²) < 4.78 is 0. The maximum Gasteiger partial charge on any atom is 0.0756 e. The van der Waals surface area contributed by atoms with Crippen molar-refractivity contribution < 1.29 is 5.11 Å². The second-order valence-electron chi connectivity index (χ2n) is 6.46.